The van der Waals surface area contributed by atoms with Crippen molar-refractivity contribution in [2.24, 2.45) is 0 Å². The smallest absolute Gasteiger partial charge is 0.381 e. The second kappa shape index (κ2) is 7.67. The molecule has 1 aromatic heterocycles. The van der Waals surface area contributed by atoms with Gasteiger partial charge in [0.15, 0.2) is 0 Å². The number of rotatable bonds is 4. The summed E-state index contributed by atoms with van der Waals surface area (Å²) in [6.45, 7) is 1.98. The van der Waals surface area contributed by atoms with E-state index in [1.807, 2.05) is 0 Å². The fraction of sp³-hybridized carbons (Fsp3) is 0.667. The van der Waals surface area contributed by atoms with Crippen LogP contribution in [-0.4, -0.2) is 67.4 Å². The predicted octanol–water partition coefficient (Wildman–Crippen LogP) is 1.55. The highest BCUT2D eigenvalue weighted by Crippen LogP contribution is 2.29. The molecule has 146 valence electrons. The standard InChI is InChI=1S/C15H21F3N4O3S/c16-15(17,18)14-10-12(3-4-19-14)20-13-2-1-5-22(11-13)26(23,24)21-6-8-25-9-7-21/h3-4,10,13H,1-2,5-9,11H2,(H,19,20). The molecule has 11 heteroatoms. The molecule has 0 aliphatic carbocycles. The molecule has 0 amide bonds. The molecule has 26 heavy (non-hydrogen) atoms. The van der Waals surface area contributed by atoms with Gasteiger partial charge in [-0.05, 0) is 25.0 Å². The zero-order valence-electron chi connectivity index (χ0n) is 14.1. The molecule has 1 aromatic rings. The molecule has 0 bridgehead atoms. The fourth-order valence-electron chi connectivity index (χ4n) is 3.12. The monoisotopic (exact) mass is 394 g/mol. The summed E-state index contributed by atoms with van der Waals surface area (Å²) in [4.78, 5) is 3.33. The fourth-order valence-corrected chi connectivity index (χ4v) is 4.79. The van der Waals surface area contributed by atoms with E-state index in [1.54, 1.807) is 0 Å². The van der Waals surface area contributed by atoms with Crippen LogP contribution in [0.25, 0.3) is 0 Å². The van der Waals surface area contributed by atoms with Crippen LogP contribution in [0.1, 0.15) is 18.5 Å². The summed E-state index contributed by atoms with van der Waals surface area (Å²) in [5.74, 6) is 0. The van der Waals surface area contributed by atoms with Crippen molar-refractivity contribution in [2.45, 2.75) is 25.1 Å². The third kappa shape index (κ3) is 4.45. The van der Waals surface area contributed by atoms with Crippen molar-refractivity contribution >= 4 is 15.9 Å². The molecule has 0 aromatic carbocycles. The van der Waals surface area contributed by atoms with E-state index >= 15 is 0 Å². The lowest BCUT2D eigenvalue weighted by Crippen LogP contribution is -2.53. The molecule has 3 rings (SSSR count). The normalized spacial score (nSPS) is 23.7. The lowest BCUT2D eigenvalue weighted by Gasteiger charge is -2.37. The van der Waals surface area contributed by atoms with Crippen LogP contribution < -0.4 is 5.32 Å². The molecule has 0 radical (unpaired) electrons. The quantitative estimate of drug-likeness (QED) is 0.839. The van der Waals surface area contributed by atoms with Gasteiger partial charge < -0.3 is 10.1 Å². The minimum atomic E-state index is -4.52. The summed E-state index contributed by atoms with van der Waals surface area (Å²) in [5.41, 5.74) is -0.695. The van der Waals surface area contributed by atoms with E-state index in [9.17, 15) is 21.6 Å². The molecule has 2 saturated heterocycles. The van der Waals surface area contributed by atoms with Crippen molar-refractivity contribution < 1.29 is 26.3 Å². The first-order valence-corrected chi connectivity index (χ1v) is 9.79. The minimum absolute atomic E-state index is 0.212. The largest absolute Gasteiger partial charge is 0.433 e. The second-order valence-corrected chi connectivity index (χ2v) is 8.22. The Kier molecular flexibility index (Phi) is 5.70. The Hall–Kier alpha value is -1.43. The van der Waals surface area contributed by atoms with Crippen LogP contribution in [0.4, 0.5) is 18.9 Å². The van der Waals surface area contributed by atoms with Crippen LogP contribution in [0.15, 0.2) is 18.3 Å². The van der Waals surface area contributed by atoms with Gasteiger partial charge in [-0.3, -0.25) is 4.98 Å². The molecule has 2 aliphatic heterocycles. The van der Waals surface area contributed by atoms with Gasteiger partial charge >= 0.3 is 6.18 Å². The van der Waals surface area contributed by atoms with Crippen molar-refractivity contribution in [1.82, 2.24) is 13.6 Å². The van der Waals surface area contributed by atoms with Crippen LogP contribution in [0.5, 0.6) is 0 Å². The summed E-state index contributed by atoms with van der Waals surface area (Å²) in [5, 5.41) is 3.01. The molecule has 1 atom stereocenters. The summed E-state index contributed by atoms with van der Waals surface area (Å²) in [7, 11) is -3.59. The highest BCUT2D eigenvalue weighted by molar-refractivity contribution is 7.86. The van der Waals surface area contributed by atoms with E-state index in [0.717, 1.165) is 12.3 Å². The van der Waals surface area contributed by atoms with Crippen molar-refractivity contribution in [3.05, 3.63) is 24.0 Å². The summed E-state index contributed by atoms with van der Waals surface area (Å²) < 4.78 is 71.8. The summed E-state index contributed by atoms with van der Waals surface area (Å²) >= 11 is 0. The number of nitrogens with zero attached hydrogens (tertiary/aromatic N) is 3. The van der Waals surface area contributed by atoms with Gasteiger partial charge in [-0.2, -0.15) is 30.2 Å². The average molecular weight is 394 g/mol. The van der Waals surface area contributed by atoms with E-state index in [2.05, 4.69) is 10.3 Å². The van der Waals surface area contributed by atoms with E-state index in [4.69, 9.17) is 4.74 Å². The number of nitrogens with one attached hydrogen (secondary N) is 1. The van der Waals surface area contributed by atoms with E-state index in [0.29, 0.717) is 45.7 Å². The number of anilines is 1. The number of pyridine rings is 1. The zero-order chi connectivity index (χ0) is 18.8. The maximum Gasteiger partial charge on any atom is 0.433 e. The van der Waals surface area contributed by atoms with Crippen molar-refractivity contribution in [3.63, 3.8) is 0 Å². The van der Waals surface area contributed by atoms with Gasteiger partial charge in [0.25, 0.3) is 10.2 Å². The van der Waals surface area contributed by atoms with Crippen LogP contribution in [0, 0.1) is 0 Å². The Labute approximate surface area is 150 Å². The van der Waals surface area contributed by atoms with Gasteiger partial charge in [-0.25, -0.2) is 0 Å². The Morgan fingerprint density at radius 3 is 2.62 bits per heavy atom. The lowest BCUT2D eigenvalue weighted by atomic mass is 10.1. The van der Waals surface area contributed by atoms with E-state index in [-0.39, 0.29) is 18.3 Å². The number of hydrogen-bond acceptors (Lipinski definition) is 5. The molecule has 0 spiro atoms. The second-order valence-electron chi connectivity index (χ2n) is 6.29. The molecular weight excluding hydrogens is 373 g/mol. The third-order valence-corrected chi connectivity index (χ3v) is 6.43. The van der Waals surface area contributed by atoms with Gasteiger partial charge in [0, 0.05) is 44.1 Å². The van der Waals surface area contributed by atoms with Crippen molar-refractivity contribution in [3.8, 4) is 0 Å². The number of halogens is 3. The van der Waals surface area contributed by atoms with Crippen molar-refractivity contribution in [2.75, 3.05) is 44.7 Å². The van der Waals surface area contributed by atoms with Crippen LogP contribution in [0.2, 0.25) is 0 Å². The van der Waals surface area contributed by atoms with Gasteiger partial charge in [0.1, 0.15) is 5.69 Å². The number of alkyl halides is 3. The Morgan fingerprint density at radius 1 is 1.19 bits per heavy atom. The van der Waals surface area contributed by atoms with Crippen molar-refractivity contribution in [1.29, 1.82) is 0 Å². The number of aromatic nitrogens is 1. The zero-order valence-corrected chi connectivity index (χ0v) is 14.9. The Morgan fingerprint density at radius 2 is 1.92 bits per heavy atom. The van der Waals surface area contributed by atoms with Gasteiger partial charge in [-0.1, -0.05) is 0 Å². The molecule has 0 saturated carbocycles. The Balaban J connectivity index is 1.67. The first-order valence-electron chi connectivity index (χ1n) is 8.39. The Bertz CT molecular complexity index is 723. The first-order chi connectivity index (χ1) is 12.3. The molecule has 2 fully saturated rings. The predicted molar refractivity (Wildman–Crippen MR) is 88.8 cm³/mol. The lowest BCUT2D eigenvalue weighted by molar-refractivity contribution is -0.141. The molecular formula is C15H21F3N4O3S. The molecule has 2 aliphatic rings. The van der Waals surface area contributed by atoms with Crippen LogP contribution in [0.3, 0.4) is 0 Å². The van der Waals surface area contributed by atoms with Crippen LogP contribution in [-0.2, 0) is 21.1 Å². The molecule has 1 N–H and O–H groups in total. The maximum absolute atomic E-state index is 12.8. The average Bonchev–Trinajstić information content (AvgIpc) is 2.62. The molecule has 1 unspecified atom stereocenters. The minimum Gasteiger partial charge on any atom is -0.381 e. The maximum atomic E-state index is 12.8. The number of ether oxygens (including phenoxy) is 1. The topological polar surface area (TPSA) is 74.8 Å². The highest BCUT2D eigenvalue weighted by atomic mass is 32.2. The van der Waals surface area contributed by atoms with Gasteiger partial charge in [0.05, 0.1) is 13.2 Å². The number of morpholine rings is 1. The van der Waals surface area contributed by atoms with Crippen LogP contribution >= 0.6 is 0 Å². The molecule has 7 nitrogen and oxygen atoms in total. The van der Waals surface area contributed by atoms with Gasteiger partial charge in [0.2, 0.25) is 0 Å². The SMILES string of the molecule is O=S(=O)(N1CCOCC1)N1CCCC(Nc2ccnc(C(F)(F)F)c2)C1. The summed E-state index contributed by atoms with van der Waals surface area (Å²) in [6.07, 6.45) is -2.11. The number of hydrogen-bond donors (Lipinski definition) is 1. The first kappa shape index (κ1) is 19.3. The van der Waals surface area contributed by atoms with Gasteiger partial charge in [-0.15, -0.1) is 0 Å². The summed E-state index contributed by atoms with van der Waals surface area (Å²) in [6, 6.07) is 2.13. The highest BCUT2D eigenvalue weighted by Gasteiger charge is 2.35. The van der Waals surface area contributed by atoms with E-state index < -0.39 is 22.1 Å². The third-order valence-electron chi connectivity index (χ3n) is 4.43. The molecule has 3 heterocycles. The number of piperidine rings is 1. The van der Waals surface area contributed by atoms with E-state index in [1.165, 1.54) is 14.7 Å².